The maximum absolute atomic E-state index is 10.1. The van der Waals surface area contributed by atoms with Crippen molar-refractivity contribution < 1.29 is 40.5 Å². The minimum Gasteiger partial charge on any atom is -1.00 e. The number of hydrogen-bond acceptors (Lipinski definition) is 3. The number of esters is 1. The summed E-state index contributed by atoms with van der Waals surface area (Å²) in [5, 5.41) is 0. The fourth-order valence-corrected chi connectivity index (χ4v) is 0.220. The summed E-state index contributed by atoms with van der Waals surface area (Å²) in [7, 11) is 1.35. The maximum atomic E-state index is 10.1. The summed E-state index contributed by atoms with van der Waals surface area (Å²) in [5.74, 6) is -0.248. The average Bonchev–Trinajstić information content (AvgIpc) is 1.68. The van der Waals surface area contributed by atoms with E-state index in [0.717, 1.165) is 0 Å². The van der Waals surface area contributed by atoms with Crippen molar-refractivity contribution in [2.75, 3.05) is 13.7 Å². The zero-order chi connectivity index (χ0) is 5.70. The van der Waals surface area contributed by atoms with Crippen LogP contribution in [0.1, 0.15) is 7.85 Å². The van der Waals surface area contributed by atoms with Gasteiger partial charge in [0.1, 0.15) is 0 Å². The fraction of sp³-hybridized carbons (Fsp3) is 0.750. The quantitative estimate of drug-likeness (QED) is 0.311. The van der Waals surface area contributed by atoms with Gasteiger partial charge in [-0.15, -0.1) is 0 Å². The third-order valence-corrected chi connectivity index (χ3v) is 0.576. The Morgan fingerprint density at radius 2 is 2.38 bits per heavy atom. The number of methoxy groups -OCH3 is 1. The molecule has 0 fully saturated rings. The van der Waals surface area contributed by atoms with Crippen molar-refractivity contribution in [3.8, 4) is 0 Å². The molecular weight excluding hydrogens is 117 g/mol. The second kappa shape index (κ2) is 7.43. The van der Waals surface area contributed by atoms with E-state index in [1.807, 2.05) is 0 Å². The van der Waals surface area contributed by atoms with Crippen LogP contribution in [0.4, 0.5) is 0 Å². The first kappa shape index (κ1) is 11.3. The van der Waals surface area contributed by atoms with Crippen LogP contribution in [0.3, 0.4) is 0 Å². The van der Waals surface area contributed by atoms with Crippen LogP contribution >= 0.6 is 0 Å². The summed E-state index contributed by atoms with van der Waals surface area (Å²) in [5.41, 5.74) is 5.00. The van der Waals surface area contributed by atoms with E-state index in [4.69, 9.17) is 5.73 Å². The summed E-state index contributed by atoms with van der Waals surface area (Å²) >= 11 is 0. The van der Waals surface area contributed by atoms with Gasteiger partial charge in [-0.05, 0) is 0 Å². The molecule has 0 rings (SSSR count). The molecule has 0 aromatic heterocycles. The Morgan fingerprint density at radius 1 is 1.88 bits per heavy atom. The van der Waals surface area contributed by atoms with E-state index >= 15 is 0 Å². The smallest absolute Gasteiger partial charge is 1.00 e. The summed E-state index contributed by atoms with van der Waals surface area (Å²) in [4.78, 5) is 10.1. The van der Waals surface area contributed by atoms with Crippen molar-refractivity contribution in [2.24, 2.45) is 5.73 Å². The average molecular weight is 127 g/mol. The van der Waals surface area contributed by atoms with Gasteiger partial charge in [-0.25, -0.2) is 0 Å². The van der Waals surface area contributed by atoms with Crippen LogP contribution in [0.5, 0.6) is 0 Å². The van der Waals surface area contributed by atoms with Crippen molar-refractivity contribution in [3.05, 3.63) is 0 Å². The number of nitrogens with two attached hydrogens (primary N) is 1. The zero-order valence-corrected chi connectivity index (χ0v) is 7.31. The van der Waals surface area contributed by atoms with Gasteiger partial charge in [-0.3, -0.25) is 4.79 Å². The first-order valence-corrected chi connectivity index (χ1v) is 2.08. The molecule has 0 aromatic carbocycles. The molecule has 0 aliphatic carbocycles. The molecule has 0 radical (unpaired) electrons. The van der Waals surface area contributed by atoms with E-state index in [1.165, 1.54) is 7.11 Å². The Hall–Kier alpha value is 0.430. The normalized spacial score (nSPS) is 7.25. The van der Waals surface area contributed by atoms with E-state index in [-0.39, 0.29) is 37.0 Å². The summed E-state index contributed by atoms with van der Waals surface area (Å²) < 4.78 is 4.27. The van der Waals surface area contributed by atoms with Crippen molar-refractivity contribution >= 4 is 5.97 Å². The van der Waals surface area contributed by atoms with Crippen LogP contribution in [-0.4, -0.2) is 19.6 Å². The van der Waals surface area contributed by atoms with Crippen molar-refractivity contribution in [1.82, 2.24) is 0 Å². The first-order valence-electron chi connectivity index (χ1n) is 2.08. The standard InChI is InChI=1S/C4H9NO2.Na.H/c1-7-4(6)2-3-5;;/h2-3,5H2,1H3;;/q;+1;-1. The summed E-state index contributed by atoms with van der Waals surface area (Å²) in [6.07, 6.45) is 0.316. The van der Waals surface area contributed by atoms with Gasteiger partial charge in [0.25, 0.3) is 0 Å². The minimum atomic E-state index is -0.248. The molecule has 0 bridgehead atoms. The fourth-order valence-electron chi connectivity index (χ4n) is 0.220. The third-order valence-electron chi connectivity index (χ3n) is 0.576. The van der Waals surface area contributed by atoms with E-state index in [9.17, 15) is 4.79 Å². The Bertz CT molecular complexity index is 71.6. The molecule has 4 heteroatoms. The van der Waals surface area contributed by atoms with Crippen LogP contribution in [0.2, 0.25) is 0 Å². The molecule has 3 nitrogen and oxygen atoms in total. The molecule has 0 spiro atoms. The molecule has 8 heavy (non-hydrogen) atoms. The molecule has 0 heterocycles. The number of rotatable bonds is 2. The van der Waals surface area contributed by atoms with Crippen LogP contribution in [0, 0.1) is 0 Å². The zero-order valence-electron chi connectivity index (χ0n) is 6.31. The van der Waals surface area contributed by atoms with E-state index in [0.29, 0.717) is 13.0 Å². The predicted octanol–water partition coefficient (Wildman–Crippen LogP) is -3.38. The van der Waals surface area contributed by atoms with Crippen LogP contribution in [0.15, 0.2) is 0 Å². The van der Waals surface area contributed by atoms with Gasteiger partial charge in [0.2, 0.25) is 0 Å². The largest absolute Gasteiger partial charge is 1.00 e. The number of hydrogen-bond donors (Lipinski definition) is 1. The van der Waals surface area contributed by atoms with Crippen molar-refractivity contribution in [1.29, 1.82) is 0 Å². The predicted molar refractivity (Wildman–Crippen MR) is 26.8 cm³/mol. The first-order chi connectivity index (χ1) is 3.31. The molecule has 0 saturated heterocycles. The molecule has 0 atom stereocenters. The van der Waals surface area contributed by atoms with E-state index < -0.39 is 0 Å². The number of ether oxygens (including phenoxy) is 1. The third kappa shape index (κ3) is 6.43. The van der Waals surface area contributed by atoms with Gasteiger partial charge < -0.3 is 11.9 Å². The van der Waals surface area contributed by atoms with Gasteiger partial charge in [-0.1, -0.05) is 0 Å². The molecule has 0 aromatic rings. The van der Waals surface area contributed by atoms with Gasteiger partial charge in [0.05, 0.1) is 13.5 Å². The van der Waals surface area contributed by atoms with E-state index in [2.05, 4.69) is 4.74 Å². The topological polar surface area (TPSA) is 52.3 Å². The SMILES string of the molecule is COC(=O)CCN.[H-].[Na+]. The summed E-state index contributed by atoms with van der Waals surface area (Å²) in [6, 6.07) is 0. The van der Waals surface area contributed by atoms with Crippen LogP contribution < -0.4 is 35.3 Å². The Kier molecular flexibility index (Phi) is 10.5. The Morgan fingerprint density at radius 3 is 2.50 bits per heavy atom. The number of carbonyl (C=O) groups excluding carboxylic acids is 1. The van der Waals surface area contributed by atoms with Crippen molar-refractivity contribution in [2.45, 2.75) is 6.42 Å². The molecule has 0 aliphatic rings. The van der Waals surface area contributed by atoms with Crippen LogP contribution in [-0.2, 0) is 9.53 Å². The minimum absolute atomic E-state index is 0. The Balaban J connectivity index is -0.000000180. The molecule has 0 aliphatic heterocycles. The Labute approximate surface area is 72.3 Å². The summed E-state index contributed by atoms with van der Waals surface area (Å²) in [6.45, 7) is 0.368. The van der Waals surface area contributed by atoms with Crippen LogP contribution in [0.25, 0.3) is 0 Å². The molecule has 0 unspecified atom stereocenters. The van der Waals surface area contributed by atoms with Gasteiger partial charge in [-0.2, -0.15) is 0 Å². The molecular formula is C4H10NNaO2. The maximum Gasteiger partial charge on any atom is 1.00 e. The van der Waals surface area contributed by atoms with Gasteiger partial charge >= 0.3 is 35.5 Å². The van der Waals surface area contributed by atoms with Crippen molar-refractivity contribution in [3.63, 3.8) is 0 Å². The molecule has 0 saturated carbocycles. The monoisotopic (exact) mass is 127 g/mol. The van der Waals surface area contributed by atoms with Gasteiger partial charge in [0.15, 0.2) is 0 Å². The molecule has 2 N–H and O–H groups in total. The van der Waals surface area contributed by atoms with Gasteiger partial charge in [0, 0.05) is 6.54 Å². The molecule has 44 valence electrons. The molecule has 0 amide bonds. The second-order valence-electron chi connectivity index (χ2n) is 1.11. The second-order valence-corrected chi connectivity index (χ2v) is 1.11. The van der Waals surface area contributed by atoms with E-state index in [1.54, 1.807) is 0 Å². The number of carbonyl (C=O) groups is 1.